The lowest BCUT2D eigenvalue weighted by molar-refractivity contribution is -0.116. The summed E-state index contributed by atoms with van der Waals surface area (Å²) in [6, 6.07) is 7.94. The van der Waals surface area contributed by atoms with Crippen molar-refractivity contribution in [3.05, 3.63) is 46.5 Å². The number of hydrazone groups is 1. The van der Waals surface area contributed by atoms with Gasteiger partial charge in [-0.25, -0.2) is 5.01 Å². The number of hydrogen-bond acceptors (Lipinski definition) is 5. The fourth-order valence-electron chi connectivity index (χ4n) is 4.62. The van der Waals surface area contributed by atoms with Gasteiger partial charge in [-0.05, 0) is 38.2 Å². The fraction of sp³-hybridized carbons (Fsp3) is 0.542. The van der Waals surface area contributed by atoms with Crippen LogP contribution in [-0.4, -0.2) is 28.0 Å². The summed E-state index contributed by atoms with van der Waals surface area (Å²) in [6.45, 7) is 6.72. The summed E-state index contributed by atoms with van der Waals surface area (Å²) in [5.74, 6) is 1.74. The molecule has 5 nitrogen and oxygen atoms in total. The van der Waals surface area contributed by atoms with Gasteiger partial charge in [0.15, 0.2) is 5.17 Å². The third-order valence-electron chi connectivity index (χ3n) is 6.28. The zero-order chi connectivity index (χ0) is 21.1. The molecule has 6 heteroatoms. The maximum absolute atomic E-state index is 13.2. The van der Waals surface area contributed by atoms with Crippen LogP contribution in [0.15, 0.2) is 46.0 Å². The van der Waals surface area contributed by atoms with E-state index >= 15 is 0 Å². The third kappa shape index (κ3) is 4.34. The molecule has 1 aromatic carbocycles. The highest BCUT2D eigenvalue weighted by Gasteiger charge is 2.39. The molecular weight excluding hydrogens is 392 g/mol. The van der Waals surface area contributed by atoms with Gasteiger partial charge in [-0.1, -0.05) is 74.7 Å². The Morgan fingerprint density at radius 3 is 2.87 bits per heavy atom. The van der Waals surface area contributed by atoms with Crippen LogP contribution in [0.5, 0.6) is 0 Å². The van der Waals surface area contributed by atoms with E-state index in [9.17, 15) is 4.79 Å². The number of nitrogens with zero attached hydrogens (tertiary/aromatic N) is 3. The summed E-state index contributed by atoms with van der Waals surface area (Å²) in [6.07, 6.45) is 9.10. The summed E-state index contributed by atoms with van der Waals surface area (Å²) in [4.78, 5) is 18.3. The van der Waals surface area contributed by atoms with Crippen LogP contribution < -0.4 is 15.9 Å². The zero-order valence-corrected chi connectivity index (χ0v) is 19.0. The van der Waals surface area contributed by atoms with Crippen LogP contribution in [0, 0.1) is 11.8 Å². The van der Waals surface area contributed by atoms with Crippen LogP contribution in [0.4, 0.5) is 0 Å². The van der Waals surface area contributed by atoms with Crippen LogP contribution in [0.1, 0.15) is 59.3 Å². The maximum atomic E-state index is 13.2. The van der Waals surface area contributed by atoms with Gasteiger partial charge in [-0.2, -0.15) is 0 Å². The van der Waals surface area contributed by atoms with Crippen molar-refractivity contribution in [2.75, 3.05) is 5.75 Å². The first-order valence-corrected chi connectivity index (χ1v) is 12.2. The molecule has 0 spiro atoms. The van der Waals surface area contributed by atoms with E-state index in [1.165, 1.54) is 24.8 Å². The van der Waals surface area contributed by atoms with Crippen molar-refractivity contribution in [2.24, 2.45) is 21.9 Å². The summed E-state index contributed by atoms with van der Waals surface area (Å²) >= 11 is 1.65. The van der Waals surface area contributed by atoms with Crippen molar-refractivity contribution in [3.8, 4) is 0 Å². The van der Waals surface area contributed by atoms with E-state index < -0.39 is 0 Å². The first kappa shape index (κ1) is 21.2. The number of unbranched alkanes of at least 4 members (excludes halogenated alkanes) is 3. The predicted molar refractivity (Wildman–Crippen MR) is 124 cm³/mol. The van der Waals surface area contributed by atoms with Gasteiger partial charge in [0.1, 0.15) is 11.9 Å². The number of benzene rings is 1. The number of hydrogen-bond donors (Lipinski definition) is 1. The lowest BCUT2D eigenvalue weighted by atomic mass is 9.79. The minimum atomic E-state index is -0.143. The Bertz CT molecular complexity index is 983. The summed E-state index contributed by atoms with van der Waals surface area (Å²) in [7, 11) is 0. The van der Waals surface area contributed by atoms with Crippen LogP contribution >= 0.6 is 11.8 Å². The molecular formula is C24H32N4OS. The second-order valence-corrected chi connectivity index (χ2v) is 9.74. The molecule has 0 saturated heterocycles. The Hall–Kier alpha value is -2.08. The smallest absolute Gasteiger partial charge is 0.276 e. The predicted octanol–water partition coefficient (Wildman–Crippen LogP) is 3.76. The lowest BCUT2D eigenvalue weighted by Gasteiger charge is -2.40. The van der Waals surface area contributed by atoms with Crippen LogP contribution in [-0.2, 0) is 4.79 Å². The minimum Gasteiger partial charge on any atom is -0.298 e. The van der Waals surface area contributed by atoms with Gasteiger partial charge in [-0.15, -0.1) is 5.10 Å². The molecule has 0 fully saturated rings. The van der Waals surface area contributed by atoms with E-state index in [-0.39, 0.29) is 12.1 Å². The fourth-order valence-corrected chi connectivity index (χ4v) is 5.47. The molecule has 1 aliphatic carbocycles. The van der Waals surface area contributed by atoms with E-state index in [0.29, 0.717) is 22.7 Å². The second-order valence-electron chi connectivity index (χ2n) is 8.65. The number of para-hydroxylation sites is 1. The van der Waals surface area contributed by atoms with Crippen LogP contribution in [0.2, 0.25) is 0 Å². The van der Waals surface area contributed by atoms with Crippen LogP contribution in [0.3, 0.4) is 0 Å². The number of carbonyl (C=O) groups is 1. The first-order chi connectivity index (χ1) is 14.6. The van der Waals surface area contributed by atoms with E-state index in [1.54, 1.807) is 11.8 Å². The number of fused-ring (bicyclic) bond motifs is 2. The van der Waals surface area contributed by atoms with Gasteiger partial charge in [0.2, 0.25) is 0 Å². The molecule has 3 atom stereocenters. The molecule has 30 heavy (non-hydrogen) atoms. The number of amides is 1. The third-order valence-corrected chi connectivity index (χ3v) is 7.23. The normalized spacial score (nSPS) is 25.6. The van der Waals surface area contributed by atoms with E-state index in [2.05, 4.69) is 32.2 Å². The van der Waals surface area contributed by atoms with Gasteiger partial charge >= 0.3 is 0 Å². The zero-order valence-electron chi connectivity index (χ0n) is 18.2. The largest absolute Gasteiger partial charge is 0.298 e. The van der Waals surface area contributed by atoms with Crippen LogP contribution in [0.25, 0.3) is 5.70 Å². The molecule has 0 aromatic heterocycles. The van der Waals surface area contributed by atoms with Gasteiger partial charge in [0.25, 0.3) is 5.91 Å². The molecule has 160 valence electrons. The number of thioether (sulfide) groups is 1. The van der Waals surface area contributed by atoms with Gasteiger partial charge in [0.05, 0.1) is 5.36 Å². The summed E-state index contributed by atoms with van der Waals surface area (Å²) < 4.78 is 0. The molecule has 0 bridgehead atoms. The van der Waals surface area contributed by atoms with E-state index in [4.69, 9.17) is 10.1 Å². The van der Waals surface area contributed by atoms with Crippen molar-refractivity contribution >= 4 is 28.5 Å². The van der Waals surface area contributed by atoms with Crippen molar-refractivity contribution in [1.29, 1.82) is 0 Å². The highest BCUT2D eigenvalue weighted by Crippen LogP contribution is 2.36. The van der Waals surface area contributed by atoms with Gasteiger partial charge < -0.3 is 0 Å². The number of amidine groups is 1. The average Bonchev–Trinajstić information content (AvgIpc) is 2.73. The highest BCUT2D eigenvalue weighted by atomic mass is 32.2. The van der Waals surface area contributed by atoms with Crippen molar-refractivity contribution in [2.45, 2.75) is 65.5 Å². The van der Waals surface area contributed by atoms with Gasteiger partial charge in [-0.3, -0.25) is 15.1 Å². The lowest BCUT2D eigenvalue weighted by Crippen LogP contribution is -2.55. The van der Waals surface area contributed by atoms with E-state index in [0.717, 1.165) is 35.6 Å². The number of carbonyl (C=O) groups excluding carboxylic acids is 1. The van der Waals surface area contributed by atoms with E-state index in [1.807, 2.05) is 29.3 Å². The molecule has 2 aliphatic heterocycles. The number of rotatable bonds is 6. The number of allylic oxidation sites excluding steroid dienone is 2. The minimum absolute atomic E-state index is 0.0661. The molecule has 2 heterocycles. The Labute approximate surface area is 183 Å². The Morgan fingerprint density at radius 1 is 1.23 bits per heavy atom. The Kier molecular flexibility index (Phi) is 6.61. The molecule has 3 aliphatic rings. The van der Waals surface area contributed by atoms with Gasteiger partial charge in [0, 0.05) is 16.9 Å². The molecule has 0 saturated carbocycles. The Morgan fingerprint density at radius 2 is 2.07 bits per heavy atom. The first-order valence-electron chi connectivity index (χ1n) is 11.2. The molecule has 4 rings (SSSR count). The second kappa shape index (κ2) is 9.38. The molecule has 1 N–H and O–H groups in total. The molecule has 0 unspecified atom stereocenters. The van der Waals surface area contributed by atoms with Crippen molar-refractivity contribution in [3.63, 3.8) is 0 Å². The highest BCUT2D eigenvalue weighted by molar-refractivity contribution is 8.13. The quantitative estimate of drug-likeness (QED) is 0.559. The topological polar surface area (TPSA) is 57.1 Å². The SMILES string of the molecule is CCCCCCSC1=NN2C(=c3ccccc3=N[C@@H]2[C@H]2CC=C(C)C[C@@H]2C)C(=O)N1. The van der Waals surface area contributed by atoms with Crippen molar-refractivity contribution in [1.82, 2.24) is 10.3 Å². The molecule has 0 radical (unpaired) electrons. The number of nitrogens with one attached hydrogen (secondary N) is 1. The molecule has 1 amide bonds. The average molecular weight is 425 g/mol. The maximum Gasteiger partial charge on any atom is 0.276 e. The summed E-state index contributed by atoms with van der Waals surface area (Å²) in [5.41, 5.74) is 2.08. The standard InChI is InChI=1S/C24H32N4OS/c1-4-5-6-9-14-30-24-26-23(29)21-19-10-7-8-11-20(19)25-22(28(21)27-24)18-13-12-16(2)15-17(18)3/h7-8,10-12,17-18,22H,4-6,9,13-15H2,1-3H3,(H,26,27,29)/t17-,18-,22-/m0/s1. The Balaban J connectivity index is 1.67. The summed E-state index contributed by atoms with van der Waals surface area (Å²) in [5, 5.41) is 12.3. The monoisotopic (exact) mass is 424 g/mol. The molecule has 1 aromatic rings. The van der Waals surface area contributed by atoms with Crippen molar-refractivity contribution < 1.29 is 4.79 Å².